The van der Waals surface area contributed by atoms with Crippen LogP contribution in [0.2, 0.25) is 0 Å². The van der Waals surface area contributed by atoms with Crippen LogP contribution >= 0.6 is 11.3 Å². The summed E-state index contributed by atoms with van der Waals surface area (Å²) in [5.41, 5.74) is 5.80. The second-order valence-electron chi connectivity index (χ2n) is 2.26. The van der Waals surface area contributed by atoms with Crippen molar-refractivity contribution in [3.63, 3.8) is 0 Å². The van der Waals surface area contributed by atoms with Gasteiger partial charge in [0.05, 0.1) is 5.69 Å². The van der Waals surface area contributed by atoms with Crippen LogP contribution in [0.4, 0.5) is 5.69 Å². The minimum atomic E-state index is -2.24. The molecular formula is C6H6NO4S2-. The van der Waals surface area contributed by atoms with Crippen molar-refractivity contribution >= 4 is 34.1 Å². The van der Waals surface area contributed by atoms with Crippen molar-refractivity contribution in [1.82, 2.24) is 0 Å². The monoisotopic (exact) mass is 220 g/mol. The lowest BCUT2D eigenvalue weighted by molar-refractivity contribution is 0.0703. The maximum Gasteiger partial charge on any atom is 0.348 e. The lowest BCUT2D eigenvalue weighted by atomic mass is 10.3. The zero-order chi connectivity index (χ0) is 10.0. The number of carboxylic acids is 1. The molecule has 0 fully saturated rings. The zero-order valence-corrected chi connectivity index (χ0v) is 7.98. The van der Waals surface area contributed by atoms with Gasteiger partial charge in [-0.2, -0.15) is 0 Å². The van der Waals surface area contributed by atoms with Crippen molar-refractivity contribution in [2.24, 2.45) is 0 Å². The van der Waals surface area contributed by atoms with E-state index >= 15 is 0 Å². The number of hydrogen-bond acceptors (Lipinski definition) is 5. The van der Waals surface area contributed by atoms with Crippen molar-refractivity contribution in [2.75, 3.05) is 5.73 Å². The summed E-state index contributed by atoms with van der Waals surface area (Å²) in [6, 6.07) is 0. The molecule has 1 rings (SSSR count). The third-order valence-electron chi connectivity index (χ3n) is 1.38. The number of hydrogen-bond donors (Lipinski definition) is 2. The Bertz CT molecular complexity index is 360. The molecule has 0 amide bonds. The molecule has 1 atom stereocenters. The van der Waals surface area contributed by atoms with Crippen LogP contribution < -0.4 is 5.73 Å². The molecule has 13 heavy (non-hydrogen) atoms. The van der Waals surface area contributed by atoms with Gasteiger partial charge in [0.15, 0.2) is 0 Å². The molecule has 1 heterocycles. The summed E-state index contributed by atoms with van der Waals surface area (Å²) in [5.74, 6) is -1.37. The molecule has 1 aromatic heterocycles. The zero-order valence-electron chi connectivity index (χ0n) is 6.35. The van der Waals surface area contributed by atoms with Crippen molar-refractivity contribution in [1.29, 1.82) is 0 Å². The first kappa shape index (κ1) is 10.2. The van der Waals surface area contributed by atoms with E-state index in [1.165, 1.54) is 5.38 Å². The first-order valence-corrected chi connectivity index (χ1v) is 5.29. The van der Waals surface area contributed by atoms with Gasteiger partial charge in [-0.3, -0.25) is 4.21 Å². The molecule has 0 spiro atoms. The minimum absolute atomic E-state index is 0.0135. The average Bonchev–Trinajstić information content (AvgIpc) is 2.32. The molecule has 0 saturated heterocycles. The Morgan fingerprint density at radius 1 is 1.77 bits per heavy atom. The Balaban J connectivity index is 2.99. The predicted molar refractivity (Wildman–Crippen MR) is 48.3 cm³/mol. The Morgan fingerprint density at radius 2 is 2.38 bits per heavy atom. The van der Waals surface area contributed by atoms with E-state index in [0.717, 1.165) is 11.3 Å². The lowest BCUT2D eigenvalue weighted by Gasteiger charge is -2.03. The second kappa shape index (κ2) is 3.86. The number of nitrogen functional groups attached to an aromatic ring is 1. The van der Waals surface area contributed by atoms with Gasteiger partial charge in [0, 0.05) is 5.75 Å². The lowest BCUT2D eigenvalue weighted by Crippen LogP contribution is -2.01. The normalized spacial score (nSPS) is 12.7. The third-order valence-corrected chi connectivity index (χ3v) is 2.96. The molecule has 3 N–H and O–H groups in total. The first-order valence-electron chi connectivity index (χ1n) is 3.17. The molecule has 0 aliphatic rings. The maximum absolute atomic E-state index is 10.5. The smallest absolute Gasteiger partial charge is 0.348 e. The van der Waals surface area contributed by atoms with Crippen molar-refractivity contribution in [3.8, 4) is 0 Å². The molecule has 5 nitrogen and oxygen atoms in total. The first-order chi connectivity index (χ1) is 6.02. The van der Waals surface area contributed by atoms with Crippen LogP contribution in [0.5, 0.6) is 0 Å². The largest absolute Gasteiger partial charge is 0.772 e. The van der Waals surface area contributed by atoms with Crippen molar-refractivity contribution in [2.45, 2.75) is 5.75 Å². The molecule has 0 aliphatic heterocycles. The van der Waals surface area contributed by atoms with E-state index in [0.29, 0.717) is 5.56 Å². The topological polar surface area (TPSA) is 103 Å². The van der Waals surface area contributed by atoms with Crippen LogP contribution in [-0.4, -0.2) is 19.8 Å². The summed E-state index contributed by atoms with van der Waals surface area (Å²) in [7, 11) is 0. The second-order valence-corrected chi connectivity index (χ2v) is 4.03. The molecule has 1 aromatic rings. The fraction of sp³-hybridized carbons (Fsp3) is 0.167. The Morgan fingerprint density at radius 3 is 2.77 bits per heavy atom. The van der Waals surface area contributed by atoms with Crippen LogP contribution in [0.15, 0.2) is 5.38 Å². The van der Waals surface area contributed by atoms with E-state index in [1.54, 1.807) is 0 Å². The SMILES string of the molecule is Nc1c(CS(=O)[O-])csc1C(=O)O. The van der Waals surface area contributed by atoms with E-state index < -0.39 is 17.0 Å². The van der Waals surface area contributed by atoms with Gasteiger partial charge in [-0.15, -0.1) is 11.3 Å². The number of anilines is 1. The summed E-state index contributed by atoms with van der Waals surface area (Å²) < 4.78 is 20.6. The number of rotatable bonds is 3. The maximum atomic E-state index is 10.5. The minimum Gasteiger partial charge on any atom is -0.772 e. The fourth-order valence-electron chi connectivity index (χ4n) is 0.807. The number of aromatic carboxylic acids is 1. The van der Waals surface area contributed by atoms with Crippen LogP contribution in [0.25, 0.3) is 0 Å². The number of carboxylic acid groups (broad SMARTS) is 1. The molecule has 0 saturated carbocycles. The Hall–Kier alpha value is -0.920. The van der Waals surface area contributed by atoms with Gasteiger partial charge in [0.25, 0.3) is 0 Å². The molecular weight excluding hydrogens is 214 g/mol. The van der Waals surface area contributed by atoms with E-state index in [2.05, 4.69) is 0 Å². The molecule has 7 heteroatoms. The molecule has 1 unspecified atom stereocenters. The van der Waals surface area contributed by atoms with Crippen LogP contribution in [-0.2, 0) is 16.8 Å². The average molecular weight is 220 g/mol. The van der Waals surface area contributed by atoms with E-state index in [4.69, 9.17) is 10.8 Å². The van der Waals surface area contributed by atoms with Gasteiger partial charge in [0.1, 0.15) is 4.88 Å². The molecule has 0 radical (unpaired) electrons. The van der Waals surface area contributed by atoms with Crippen LogP contribution in [0.1, 0.15) is 15.2 Å². The van der Waals surface area contributed by atoms with Crippen LogP contribution in [0, 0.1) is 0 Å². The number of nitrogens with two attached hydrogens (primary N) is 1. The van der Waals surface area contributed by atoms with Gasteiger partial charge in [-0.1, -0.05) is 11.1 Å². The summed E-state index contributed by atoms with van der Waals surface area (Å²) >= 11 is -1.31. The number of thiophene rings is 1. The number of carbonyl (C=O) groups is 1. The molecule has 0 aliphatic carbocycles. The third kappa shape index (κ3) is 2.27. The van der Waals surface area contributed by atoms with Crippen LogP contribution in [0.3, 0.4) is 0 Å². The summed E-state index contributed by atoms with van der Waals surface area (Å²) in [6.45, 7) is 0. The molecule has 72 valence electrons. The van der Waals surface area contributed by atoms with E-state index in [9.17, 15) is 13.6 Å². The van der Waals surface area contributed by atoms with Gasteiger partial charge in [-0.25, -0.2) is 4.79 Å². The molecule has 0 bridgehead atoms. The van der Waals surface area contributed by atoms with Crippen molar-refractivity contribution in [3.05, 3.63) is 15.8 Å². The summed E-state index contributed by atoms with van der Waals surface area (Å²) in [4.78, 5) is 10.5. The predicted octanol–water partition coefficient (Wildman–Crippen LogP) is 0.408. The Labute approximate surface area is 80.5 Å². The standard InChI is InChI=1S/C6H7NO4S2/c7-4-3(2-13(10)11)1-12-5(4)6(8)9/h1H,2,7H2,(H,8,9)(H,10,11)/p-1. The highest BCUT2D eigenvalue weighted by Gasteiger charge is 2.13. The highest BCUT2D eigenvalue weighted by Crippen LogP contribution is 2.25. The van der Waals surface area contributed by atoms with E-state index in [-0.39, 0.29) is 16.3 Å². The van der Waals surface area contributed by atoms with E-state index in [1.807, 2.05) is 0 Å². The quantitative estimate of drug-likeness (QED) is 0.718. The van der Waals surface area contributed by atoms with Crippen molar-refractivity contribution < 1.29 is 18.7 Å². The Kier molecular flexibility index (Phi) is 3.02. The molecule has 0 aromatic carbocycles. The van der Waals surface area contributed by atoms with Gasteiger partial charge in [-0.05, 0) is 10.9 Å². The van der Waals surface area contributed by atoms with Gasteiger partial charge < -0.3 is 15.4 Å². The van der Waals surface area contributed by atoms with Gasteiger partial charge in [0.2, 0.25) is 0 Å². The summed E-state index contributed by atoms with van der Waals surface area (Å²) in [6.07, 6.45) is 0. The van der Waals surface area contributed by atoms with Gasteiger partial charge >= 0.3 is 5.97 Å². The summed E-state index contributed by atoms with van der Waals surface area (Å²) in [5, 5.41) is 10.0. The highest BCUT2D eigenvalue weighted by atomic mass is 32.2. The highest BCUT2D eigenvalue weighted by molar-refractivity contribution is 7.78. The fourth-order valence-corrected chi connectivity index (χ4v) is 2.23.